The smallest absolute Gasteiger partial charge is 0.261 e. The Labute approximate surface area is 197 Å². The molecule has 1 fully saturated rings. The first-order chi connectivity index (χ1) is 16.2. The highest BCUT2D eigenvalue weighted by Gasteiger charge is 2.28. The van der Waals surface area contributed by atoms with Gasteiger partial charge in [0.05, 0.1) is 11.3 Å². The Balaban J connectivity index is 1.21. The van der Waals surface area contributed by atoms with Gasteiger partial charge in [-0.15, -0.1) is 0 Å². The Hall–Kier alpha value is -3.39. The number of rotatable bonds is 5. The first-order valence-corrected chi connectivity index (χ1v) is 12.0. The van der Waals surface area contributed by atoms with E-state index >= 15 is 0 Å². The van der Waals surface area contributed by atoms with E-state index in [1.807, 2.05) is 53.4 Å². The molecule has 0 spiro atoms. The molecule has 8 heteroatoms. The molecule has 0 atom stereocenters. The summed E-state index contributed by atoms with van der Waals surface area (Å²) in [5.41, 5.74) is 1.48. The standard InChI is InChI=1S/C25H25N5O2S/c31-23(29-17-15-28(16-18-29)22-10-3-4-12-26-22)11-6-14-30-20-8-1-2-9-21(20)33-24-19(25(30)32)7-5-13-27-24/h1-5,7-10,12-13H,6,11,14-18H2. The molecule has 2 aliphatic heterocycles. The molecule has 2 aliphatic rings. The van der Waals surface area contributed by atoms with Crippen LogP contribution in [0.1, 0.15) is 23.2 Å². The molecule has 168 valence electrons. The molecule has 0 unspecified atom stereocenters. The van der Waals surface area contributed by atoms with Gasteiger partial charge in [0, 0.05) is 56.4 Å². The molecule has 4 heterocycles. The fourth-order valence-electron chi connectivity index (χ4n) is 4.25. The van der Waals surface area contributed by atoms with Crippen LogP contribution in [0.5, 0.6) is 0 Å². The number of fused-ring (bicyclic) bond motifs is 2. The molecule has 1 saturated heterocycles. The lowest BCUT2D eigenvalue weighted by molar-refractivity contribution is -0.131. The van der Waals surface area contributed by atoms with Crippen LogP contribution >= 0.6 is 11.8 Å². The number of piperazine rings is 1. The van der Waals surface area contributed by atoms with Crippen LogP contribution in [0.2, 0.25) is 0 Å². The number of carbonyl (C=O) groups is 2. The second-order valence-corrected chi connectivity index (χ2v) is 9.07. The maximum atomic E-state index is 13.3. The van der Waals surface area contributed by atoms with E-state index in [9.17, 15) is 9.59 Å². The summed E-state index contributed by atoms with van der Waals surface area (Å²) in [7, 11) is 0. The third-order valence-corrected chi connectivity index (χ3v) is 7.07. The van der Waals surface area contributed by atoms with Crippen LogP contribution < -0.4 is 9.80 Å². The molecule has 0 bridgehead atoms. The van der Waals surface area contributed by atoms with Crippen molar-refractivity contribution in [1.29, 1.82) is 0 Å². The quantitative estimate of drug-likeness (QED) is 0.579. The molecule has 2 amide bonds. The number of benzene rings is 1. The zero-order valence-electron chi connectivity index (χ0n) is 18.3. The number of pyridine rings is 2. The number of para-hydroxylation sites is 1. The van der Waals surface area contributed by atoms with E-state index in [0.717, 1.165) is 34.5 Å². The number of nitrogens with zero attached hydrogens (tertiary/aromatic N) is 5. The van der Waals surface area contributed by atoms with E-state index in [-0.39, 0.29) is 11.8 Å². The van der Waals surface area contributed by atoms with Crippen LogP contribution in [0, 0.1) is 0 Å². The second-order valence-electron chi connectivity index (χ2n) is 8.04. The lowest BCUT2D eigenvalue weighted by Crippen LogP contribution is -2.49. The average Bonchev–Trinajstić information content (AvgIpc) is 2.99. The highest BCUT2D eigenvalue weighted by Crippen LogP contribution is 2.40. The Kier molecular flexibility index (Phi) is 6.26. The van der Waals surface area contributed by atoms with Gasteiger partial charge in [0.15, 0.2) is 0 Å². The van der Waals surface area contributed by atoms with Crippen molar-refractivity contribution in [3.05, 3.63) is 72.6 Å². The number of aromatic nitrogens is 2. The number of anilines is 2. The molecule has 0 N–H and O–H groups in total. The zero-order chi connectivity index (χ0) is 22.6. The van der Waals surface area contributed by atoms with Crippen molar-refractivity contribution in [2.24, 2.45) is 0 Å². The second kappa shape index (κ2) is 9.62. The largest absolute Gasteiger partial charge is 0.353 e. The van der Waals surface area contributed by atoms with Gasteiger partial charge in [-0.05, 0) is 42.8 Å². The van der Waals surface area contributed by atoms with Gasteiger partial charge in [0.25, 0.3) is 5.91 Å². The fourth-order valence-corrected chi connectivity index (χ4v) is 5.27. The van der Waals surface area contributed by atoms with Crippen molar-refractivity contribution in [2.45, 2.75) is 22.8 Å². The van der Waals surface area contributed by atoms with Crippen molar-refractivity contribution < 1.29 is 9.59 Å². The monoisotopic (exact) mass is 459 g/mol. The van der Waals surface area contributed by atoms with Crippen LogP contribution in [0.15, 0.2) is 76.9 Å². The molecule has 0 aliphatic carbocycles. The average molecular weight is 460 g/mol. The Morgan fingerprint density at radius 1 is 0.909 bits per heavy atom. The summed E-state index contributed by atoms with van der Waals surface area (Å²) in [6.07, 6.45) is 4.54. The summed E-state index contributed by atoms with van der Waals surface area (Å²) < 4.78 is 0. The van der Waals surface area contributed by atoms with Crippen molar-refractivity contribution in [3.8, 4) is 0 Å². The lowest BCUT2D eigenvalue weighted by Gasteiger charge is -2.35. The SMILES string of the molecule is O=C(CCCN1C(=O)c2cccnc2Sc2ccccc21)N1CCN(c2ccccn2)CC1. The maximum Gasteiger partial charge on any atom is 0.261 e. The summed E-state index contributed by atoms with van der Waals surface area (Å²) >= 11 is 1.51. The topological polar surface area (TPSA) is 69.6 Å². The minimum absolute atomic E-state index is 0.0630. The van der Waals surface area contributed by atoms with Gasteiger partial charge in [-0.1, -0.05) is 30.0 Å². The van der Waals surface area contributed by atoms with E-state index in [0.29, 0.717) is 38.0 Å². The van der Waals surface area contributed by atoms with Crippen molar-refractivity contribution >= 4 is 35.1 Å². The van der Waals surface area contributed by atoms with E-state index in [1.165, 1.54) is 11.8 Å². The normalized spacial score (nSPS) is 15.6. The van der Waals surface area contributed by atoms with Gasteiger partial charge in [0.2, 0.25) is 5.91 Å². The highest BCUT2D eigenvalue weighted by molar-refractivity contribution is 7.99. The maximum absolute atomic E-state index is 13.3. The number of carbonyl (C=O) groups excluding carboxylic acids is 2. The van der Waals surface area contributed by atoms with Gasteiger partial charge in [0.1, 0.15) is 10.8 Å². The summed E-state index contributed by atoms with van der Waals surface area (Å²) in [6, 6.07) is 17.4. The lowest BCUT2D eigenvalue weighted by atomic mass is 10.1. The highest BCUT2D eigenvalue weighted by atomic mass is 32.2. The fraction of sp³-hybridized carbons (Fsp3) is 0.280. The molecule has 7 nitrogen and oxygen atoms in total. The van der Waals surface area contributed by atoms with Gasteiger partial charge >= 0.3 is 0 Å². The van der Waals surface area contributed by atoms with Gasteiger partial charge in [-0.2, -0.15) is 0 Å². The predicted octanol–water partition coefficient (Wildman–Crippen LogP) is 3.72. The Bertz CT molecular complexity index is 1150. The summed E-state index contributed by atoms with van der Waals surface area (Å²) in [5, 5.41) is 0.722. The first kappa shape index (κ1) is 21.5. The van der Waals surface area contributed by atoms with Crippen molar-refractivity contribution in [1.82, 2.24) is 14.9 Å². The van der Waals surface area contributed by atoms with E-state index in [2.05, 4.69) is 14.9 Å². The van der Waals surface area contributed by atoms with Gasteiger partial charge in [-0.3, -0.25) is 9.59 Å². The molecular formula is C25H25N5O2S. The number of hydrogen-bond donors (Lipinski definition) is 0. The first-order valence-electron chi connectivity index (χ1n) is 11.2. The number of hydrogen-bond acceptors (Lipinski definition) is 6. The molecule has 2 aromatic heterocycles. The molecule has 5 rings (SSSR count). The van der Waals surface area contributed by atoms with E-state index < -0.39 is 0 Å². The molecule has 0 radical (unpaired) electrons. The molecule has 0 saturated carbocycles. The van der Waals surface area contributed by atoms with Crippen LogP contribution in [-0.2, 0) is 4.79 Å². The van der Waals surface area contributed by atoms with Crippen molar-refractivity contribution in [3.63, 3.8) is 0 Å². The molecule has 1 aromatic carbocycles. The summed E-state index contributed by atoms with van der Waals surface area (Å²) in [4.78, 5) is 41.9. The van der Waals surface area contributed by atoms with Crippen molar-refractivity contribution in [2.75, 3.05) is 42.5 Å². The molecular weight excluding hydrogens is 434 g/mol. The molecule has 33 heavy (non-hydrogen) atoms. The van der Waals surface area contributed by atoms with Crippen LogP contribution in [0.25, 0.3) is 0 Å². The molecule has 3 aromatic rings. The van der Waals surface area contributed by atoms with Gasteiger partial charge < -0.3 is 14.7 Å². The van der Waals surface area contributed by atoms with E-state index in [1.54, 1.807) is 23.4 Å². The minimum atomic E-state index is -0.0630. The minimum Gasteiger partial charge on any atom is -0.353 e. The summed E-state index contributed by atoms with van der Waals surface area (Å²) in [6.45, 7) is 3.43. The Morgan fingerprint density at radius 3 is 2.52 bits per heavy atom. The van der Waals surface area contributed by atoms with Crippen LogP contribution in [0.4, 0.5) is 11.5 Å². The Morgan fingerprint density at radius 2 is 1.70 bits per heavy atom. The van der Waals surface area contributed by atoms with Gasteiger partial charge in [-0.25, -0.2) is 9.97 Å². The number of amides is 2. The third-order valence-electron chi connectivity index (χ3n) is 5.99. The third kappa shape index (κ3) is 4.57. The summed E-state index contributed by atoms with van der Waals surface area (Å²) in [5.74, 6) is 1.03. The van der Waals surface area contributed by atoms with Crippen LogP contribution in [-0.4, -0.2) is 59.4 Å². The predicted molar refractivity (Wildman–Crippen MR) is 129 cm³/mol. The van der Waals surface area contributed by atoms with Crippen LogP contribution in [0.3, 0.4) is 0 Å². The van der Waals surface area contributed by atoms with E-state index in [4.69, 9.17) is 0 Å². The zero-order valence-corrected chi connectivity index (χ0v) is 19.1.